The molecule has 1 aliphatic carbocycles. The van der Waals surface area contributed by atoms with Crippen molar-refractivity contribution in [2.24, 2.45) is 23.2 Å². The molecular weight excluding hydrogens is 220 g/mol. The molecule has 0 aromatic carbocycles. The first-order valence-electron chi connectivity index (χ1n) is 7.46. The van der Waals surface area contributed by atoms with E-state index < -0.39 is 0 Å². The molecule has 0 radical (unpaired) electrons. The Balaban J connectivity index is 2.85. The van der Waals surface area contributed by atoms with E-state index in [0.29, 0.717) is 23.0 Å². The van der Waals surface area contributed by atoms with Gasteiger partial charge in [0.15, 0.2) is 0 Å². The quantitative estimate of drug-likeness (QED) is 0.627. The van der Waals surface area contributed by atoms with Crippen molar-refractivity contribution in [2.75, 3.05) is 0 Å². The molecule has 0 aliphatic heterocycles. The summed E-state index contributed by atoms with van der Waals surface area (Å²) >= 11 is 0. The van der Waals surface area contributed by atoms with E-state index in [1.807, 2.05) is 0 Å². The lowest BCUT2D eigenvalue weighted by atomic mass is 9.59. The van der Waals surface area contributed by atoms with E-state index in [1.165, 1.54) is 24.8 Å². The van der Waals surface area contributed by atoms with Crippen LogP contribution < -0.4 is 0 Å². The van der Waals surface area contributed by atoms with Gasteiger partial charge in [0, 0.05) is 5.92 Å². The summed E-state index contributed by atoms with van der Waals surface area (Å²) in [6, 6.07) is 0. The minimum Gasteiger partial charge on any atom is -0.300 e. The van der Waals surface area contributed by atoms with Crippen molar-refractivity contribution in [3.05, 3.63) is 12.2 Å². The summed E-state index contributed by atoms with van der Waals surface area (Å²) in [5, 5.41) is 0. The second-order valence-corrected chi connectivity index (χ2v) is 7.05. The first kappa shape index (κ1) is 15.5. The lowest BCUT2D eigenvalue weighted by Gasteiger charge is -2.45. The number of hydrogen-bond donors (Lipinski definition) is 0. The van der Waals surface area contributed by atoms with Gasteiger partial charge in [0.1, 0.15) is 5.78 Å². The van der Waals surface area contributed by atoms with Crippen molar-refractivity contribution < 1.29 is 4.79 Å². The van der Waals surface area contributed by atoms with Gasteiger partial charge in [0.2, 0.25) is 0 Å². The van der Waals surface area contributed by atoms with Crippen LogP contribution in [0.2, 0.25) is 0 Å². The van der Waals surface area contributed by atoms with Crippen molar-refractivity contribution in [1.82, 2.24) is 0 Å². The zero-order valence-corrected chi connectivity index (χ0v) is 12.9. The third-order valence-electron chi connectivity index (χ3n) is 4.54. The van der Waals surface area contributed by atoms with E-state index in [0.717, 1.165) is 12.8 Å². The lowest BCUT2D eigenvalue weighted by molar-refractivity contribution is -0.125. The van der Waals surface area contributed by atoms with Crippen LogP contribution >= 0.6 is 0 Å². The molecule has 1 nitrogen and oxygen atoms in total. The summed E-state index contributed by atoms with van der Waals surface area (Å²) in [6.07, 6.45) is 5.75. The van der Waals surface area contributed by atoms with Crippen molar-refractivity contribution in [3.8, 4) is 0 Å². The molecule has 3 atom stereocenters. The normalized spacial score (nSPS) is 31.1. The fraction of sp³-hybridized carbons (Fsp3) is 0.824. The number of rotatable bonds is 5. The van der Waals surface area contributed by atoms with Crippen LogP contribution in [0.5, 0.6) is 0 Å². The molecule has 18 heavy (non-hydrogen) atoms. The fourth-order valence-corrected chi connectivity index (χ4v) is 3.85. The molecule has 1 heteroatoms. The standard InChI is InChI=1S/C17H30O/c1-7-8-9-12(2)16-13(3)10-17(5,6)11-15(16)14(4)18/h13,15-16H,2,7-11H2,1,3-6H3. The van der Waals surface area contributed by atoms with Crippen LogP contribution in [0.15, 0.2) is 12.2 Å². The third kappa shape index (κ3) is 3.70. The summed E-state index contributed by atoms with van der Waals surface area (Å²) in [5.41, 5.74) is 1.62. The second-order valence-electron chi connectivity index (χ2n) is 7.05. The smallest absolute Gasteiger partial charge is 0.133 e. The van der Waals surface area contributed by atoms with Crippen LogP contribution in [0.1, 0.15) is 66.7 Å². The van der Waals surface area contributed by atoms with Crippen LogP contribution in [-0.2, 0) is 4.79 Å². The number of carbonyl (C=O) groups is 1. The van der Waals surface area contributed by atoms with Crippen LogP contribution in [0.25, 0.3) is 0 Å². The molecule has 0 bridgehead atoms. The Labute approximate surface area is 113 Å². The highest BCUT2D eigenvalue weighted by atomic mass is 16.1. The Morgan fingerprint density at radius 3 is 2.44 bits per heavy atom. The largest absolute Gasteiger partial charge is 0.300 e. The average Bonchev–Trinajstić information content (AvgIpc) is 2.23. The van der Waals surface area contributed by atoms with Gasteiger partial charge in [-0.15, -0.1) is 0 Å². The monoisotopic (exact) mass is 250 g/mol. The molecule has 1 saturated carbocycles. The van der Waals surface area contributed by atoms with Crippen LogP contribution in [-0.4, -0.2) is 5.78 Å². The Bertz CT molecular complexity index is 314. The molecule has 0 spiro atoms. The lowest BCUT2D eigenvalue weighted by Crippen LogP contribution is -2.39. The zero-order valence-electron chi connectivity index (χ0n) is 12.9. The molecule has 0 saturated heterocycles. The summed E-state index contributed by atoms with van der Waals surface area (Å²) in [4.78, 5) is 12.0. The van der Waals surface area contributed by atoms with Crippen molar-refractivity contribution in [3.63, 3.8) is 0 Å². The molecule has 1 aliphatic rings. The molecule has 0 aromatic heterocycles. The van der Waals surface area contributed by atoms with E-state index in [2.05, 4.69) is 34.3 Å². The maximum absolute atomic E-state index is 12.0. The minimum absolute atomic E-state index is 0.202. The molecule has 0 amide bonds. The highest BCUT2D eigenvalue weighted by Gasteiger charge is 2.42. The number of hydrogen-bond acceptors (Lipinski definition) is 1. The Hall–Kier alpha value is -0.590. The Morgan fingerprint density at radius 1 is 1.33 bits per heavy atom. The first-order chi connectivity index (χ1) is 8.28. The van der Waals surface area contributed by atoms with Gasteiger partial charge in [-0.2, -0.15) is 0 Å². The molecule has 3 unspecified atom stereocenters. The van der Waals surface area contributed by atoms with Crippen LogP contribution in [0.4, 0.5) is 0 Å². The fourth-order valence-electron chi connectivity index (χ4n) is 3.85. The van der Waals surface area contributed by atoms with E-state index in [1.54, 1.807) is 6.92 Å². The van der Waals surface area contributed by atoms with Crippen molar-refractivity contribution in [2.45, 2.75) is 66.7 Å². The predicted molar refractivity (Wildman–Crippen MR) is 78.5 cm³/mol. The van der Waals surface area contributed by atoms with E-state index in [-0.39, 0.29) is 5.92 Å². The predicted octanol–water partition coefficient (Wildman–Crippen LogP) is 5.01. The summed E-state index contributed by atoms with van der Waals surface area (Å²) in [6.45, 7) is 15.2. The highest BCUT2D eigenvalue weighted by molar-refractivity contribution is 5.79. The van der Waals surface area contributed by atoms with E-state index >= 15 is 0 Å². The number of unbranched alkanes of at least 4 members (excludes halogenated alkanes) is 1. The van der Waals surface area contributed by atoms with Crippen molar-refractivity contribution >= 4 is 5.78 Å². The maximum Gasteiger partial charge on any atom is 0.133 e. The van der Waals surface area contributed by atoms with Crippen LogP contribution in [0, 0.1) is 23.2 Å². The van der Waals surface area contributed by atoms with Gasteiger partial charge in [0.05, 0.1) is 0 Å². The topological polar surface area (TPSA) is 17.1 Å². The zero-order chi connectivity index (χ0) is 13.9. The molecule has 0 N–H and O–H groups in total. The molecule has 0 heterocycles. The minimum atomic E-state index is 0.202. The summed E-state index contributed by atoms with van der Waals surface area (Å²) in [5.74, 6) is 1.57. The van der Waals surface area contributed by atoms with Gasteiger partial charge in [-0.3, -0.25) is 4.79 Å². The Morgan fingerprint density at radius 2 is 1.94 bits per heavy atom. The molecule has 1 rings (SSSR count). The van der Waals surface area contributed by atoms with E-state index in [4.69, 9.17) is 0 Å². The maximum atomic E-state index is 12.0. The average molecular weight is 250 g/mol. The number of ketones is 1. The van der Waals surface area contributed by atoms with Gasteiger partial charge >= 0.3 is 0 Å². The van der Waals surface area contributed by atoms with Gasteiger partial charge in [-0.25, -0.2) is 0 Å². The summed E-state index contributed by atoms with van der Waals surface area (Å²) < 4.78 is 0. The van der Waals surface area contributed by atoms with Gasteiger partial charge < -0.3 is 0 Å². The Kier molecular flexibility index (Phi) is 5.19. The third-order valence-corrected chi connectivity index (χ3v) is 4.54. The number of carbonyl (C=O) groups excluding carboxylic acids is 1. The second kappa shape index (κ2) is 6.04. The van der Waals surface area contributed by atoms with Gasteiger partial charge in [-0.1, -0.05) is 46.3 Å². The molecule has 0 aromatic rings. The van der Waals surface area contributed by atoms with Gasteiger partial charge in [-0.05, 0) is 49.9 Å². The highest BCUT2D eigenvalue weighted by Crippen LogP contribution is 2.48. The first-order valence-corrected chi connectivity index (χ1v) is 7.46. The SMILES string of the molecule is C=C(CCCC)C1C(C)CC(C)(C)CC1C(C)=O. The number of Topliss-reactive ketones (excluding diaryl/α,β-unsaturated/α-hetero) is 1. The molecule has 104 valence electrons. The number of allylic oxidation sites excluding steroid dienone is 1. The molecular formula is C17H30O. The van der Waals surface area contributed by atoms with Gasteiger partial charge in [0.25, 0.3) is 0 Å². The summed E-state index contributed by atoms with van der Waals surface area (Å²) in [7, 11) is 0. The van der Waals surface area contributed by atoms with Crippen LogP contribution in [0.3, 0.4) is 0 Å². The molecule has 1 fully saturated rings. The van der Waals surface area contributed by atoms with Crippen molar-refractivity contribution in [1.29, 1.82) is 0 Å². The van der Waals surface area contributed by atoms with E-state index in [9.17, 15) is 4.79 Å².